The Morgan fingerprint density at radius 1 is 0.867 bits per heavy atom. The lowest BCUT2D eigenvalue weighted by molar-refractivity contribution is 0.282. The van der Waals surface area contributed by atoms with E-state index >= 15 is 0 Å². The molecule has 0 aliphatic carbocycles. The normalized spacial score (nSPS) is 13.5. The monoisotopic (exact) mass is 262 g/mol. The Labute approximate surface area is 87.5 Å². The molecule has 0 heterocycles. The smallest absolute Gasteiger partial charge is 0.340 e. The van der Waals surface area contributed by atoms with Crippen molar-refractivity contribution in [2.75, 3.05) is 6.61 Å². The highest BCUT2D eigenvalue weighted by molar-refractivity contribution is 7.70. The van der Waals surface area contributed by atoms with Crippen molar-refractivity contribution in [3.05, 3.63) is 0 Å². The van der Waals surface area contributed by atoms with E-state index in [-0.39, 0.29) is 19.4 Å². The highest BCUT2D eigenvalue weighted by atomic mass is 31.2. The maximum absolute atomic E-state index is 10.8. The van der Waals surface area contributed by atoms with Crippen LogP contribution in [0, 0.1) is 0 Å². The molecule has 0 aromatic heterocycles. The molecule has 0 fully saturated rings. The zero-order valence-electron chi connectivity index (χ0n) is 8.06. The van der Waals surface area contributed by atoms with Gasteiger partial charge >= 0.3 is 15.2 Å². The maximum Gasteiger partial charge on any atom is 0.340 e. The molecular formula is C6H16O7P2. The van der Waals surface area contributed by atoms with Crippen LogP contribution < -0.4 is 0 Å². The molecular weight excluding hydrogens is 246 g/mol. The van der Waals surface area contributed by atoms with Crippen LogP contribution in [0.2, 0.25) is 0 Å². The standard InChI is InChI=1S/C6H16O7P2/c7-5-3-1-2-4-6(14(8,9)10)15(11,12)13/h6-7H,1-5H2,(H2,8,9,10)(H2,11,12,13). The van der Waals surface area contributed by atoms with Gasteiger partial charge in [-0.15, -0.1) is 0 Å². The number of hydrogen-bond donors (Lipinski definition) is 5. The Bertz CT molecular complexity index is 245. The first-order valence-corrected chi connectivity index (χ1v) is 7.77. The van der Waals surface area contributed by atoms with Crippen LogP contribution in [0.1, 0.15) is 25.7 Å². The van der Waals surface area contributed by atoms with Gasteiger partial charge in [0.15, 0.2) is 5.40 Å². The van der Waals surface area contributed by atoms with Gasteiger partial charge in [-0.05, 0) is 12.8 Å². The van der Waals surface area contributed by atoms with Gasteiger partial charge in [-0.2, -0.15) is 0 Å². The highest BCUT2D eigenvalue weighted by Crippen LogP contribution is 2.61. The van der Waals surface area contributed by atoms with E-state index < -0.39 is 20.6 Å². The molecule has 0 atom stereocenters. The number of rotatable bonds is 7. The zero-order valence-corrected chi connectivity index (χ0v) is 9.85. The van der Waals surface area contributed by atoms with E-state index in [1.54, 1.807) is 0 Å². The van der Waals surface area contributed by atoms with Crippen molar-refractivity contribution in [3.8, 4) is 0 Å². The van der Waals surface area contributed by atoms with E-state index in [1.807, 2.05) is 0 Å². The maximum atomic E-state index is 10.8. The predicted octanol–water partition coefficient (Wildman–Crippen LogP) is 0.221. The van der Waals surface area contributed by atoms with Gasteiger partial charge in [0.05, 0.1) is 0 Å². The summed E-state index contributed by atoms with van der Waals surface area (Å²) in [5, 5.41) is 6.53. The fourth-order valence-electron chi connectivity index (χ4n) is 1.15. The Hall–Kier alpha value is 0.260. The van der Waals surface area contributed by atoms with Gasteiger partial charge in [0, 0.05) is 6.61 Å². The van der Waals surface area contributed by atoms with Gasteiger partial charge in [-0.1, -0.05) is 12.8 Å². The van der Waals surface area contributed by atoms with Gasteiger partial charge in [0.1, 0.15) is 0 Å². The average Bonchev–Trinajstić information content (AvgIpc) is 1.99. The average molecular weight is 262 g/mol. The lowest BCUT2D eigenvalue weighted by Crippen LogP contribution is -2.09. The number of hydrogen-bond acceptors (Lipinski definition) is 3. The fraction of sp³-hybridized carbons (Fsp3) is 1.00. The lowest BCUT2D eigenvalue weighted by Gasteiger charge is -2.19. The second-order valence-corrected chi connectivity index (χ2v) is 7.24. The minimum absolute atomic E-state index is 0.0452. The molecule has 0 aliphatic heterocycles. The van der Waals surface area contributed by atoms with Crippen molar-refractivity contribution in [2.24, 2.45) is 0 Å². The highest BCUT2D eigenvalue weighted by Gasteiger charge is 2.42. The molecule has 0 saturated carbocycles. The first-order valence-electron chi connectivity index (χ1n) is 4.41. The summed E-state index contributed by atoms with van der Waals surface area (Å²) in [5.41, 5.74) is 0. The minimum atomic E-state index is -4.77. The third-order valence-electron chi connectivity index (χ3n) is 1.90. The van der Waals surface area contributed by atoms with Crippen LogP contribution in [0.25, 0.3) is 0 Å². The summed E-state index contributed by atoms with van der Waals surface area (Å²) < 4.78 is 21.6. The first kappa shape index (κ1) is 15.3. The van der Waals surface area contributed by atoms with Crippen molar-refractivity contribution in [1.29, 1.82) is 0 Å². The van der Waals surface area contributed by atoms with Crippen molar-refractivity contribution in [2.45, 2.75) is 31.1 Å². The van der Waals surface area contributed by atoms with Crippen LogP contribution >= 0.6 is 15.2 Å². The Morgan fingerprint density at radius 3 is 1.67 bits per heavy atom. The van der Waals surface area contributed by atoms with Crippen molar-refractivity contribution < 1.29 is 33.8 Å². The first-order chi connectivity index (χ1) is 6.69. The molecule has 0 aliphatic rings. The summed E-state index contributed by atoms with van der Waals surface area (Å²) in [7, 11) is -9.54. The molecule has 0 amide bonds. The molecule has 0 aromatic carbocycles. The molecule has 92 valence electrons. The summed E-state index contributed by atoms with van der Waals surface area (Å²) in [6, 6.07) is 0. The van der Waals surface area contributed by atoms with Gasteiger partial charge in [-0.25, -0.2) is 0 Å². The molecule has 0 spiro atoms. The van der Waals surface area contributed by atoms with Crippen LogP contribution in [0.5, 0.6) is 0 Å². The van der Waals surface area contributed by atoms with Crippen molar-refractivity contribution in [1.82, 2.24) is 0 Å². The van der Waals surface area contributed by atoms with Gasteiger partial charge < -0.3 is 24.7 Å². The number of unbranched alkanes of at least 4 members (excludes halogenated alkanes) is 2. The Balaban J connectivity index is 4.30. The molecule has 0 unspecified atom stereocenters. The summed E-state index contributed by atoms with van der Waals surface area (Å²) in [4.78, 5) is 35.0. The summed E-state index contributed by atoms with van der Waals surface area (Å²) in [6.45, 7) is -0.0452. The molecule has 0 aromatic rings. The van der Waals surface area contributed by atoms with Crippen LogP contribution in [-0.4, -0.2) is 36.7 Å². The third-order valence-corrected chi connectivity index (χ3v) is 5.77. The van der Waals surface area contributed by atoms with Gasteiger partial charge in [-0.3, -0.25) is 9.13 Å². The van der Waals surface area contributed by atoms with Crippen molar-refractivity contribution in [3.63, 3.8) is 0 Å². The number of aliphatic hydroxyl groups is 1. The van der Waals surface area contributed by atoms with Crippen molar-refractivity contribution >= 4 is 15.2 Å². The SMILES string of the molecule is O=P(O)(O)C(CCCCCO)P(=O)(O)O. The summed E-state index contributed by atoms with van der Waals surface area (Å²) >= 11 is 0. The van der Waals surface area contributed by atoms with E-state index in [9.17, 15) is 9.13 Å². The molecule has 0 radical (unpaired) electrons. The third kappa shape index (κ3) is 6.43. The van der Waals surface area contributed by atoms with Crippen LogP contribution in [-0.2, 0) is 9.13 Å². The Morgan fingerprint density at radius 2 is 1.33 bits per heavy atom. The van der Waals surface area contributed by atoms with E-state index in [4.69, 9.17) is 24.7 Å². The minimum Gasteiger partial charge on any atom is -0.396 e. The molecule has 5 N–H and O–H groups in total. The second kappa shape index (κ2) is 6.11. The largest absolute Gasteiger partial charge is 0.396 e. The summed E-state index contributed by atoms with van der Waals surface area (Å²) in [6.07, 6.45) is 0.956. The van der Waals surface area contributed by atoms with E-state index in [1.165, 1.54) is 0 Å². The molecule has 0 rings (SSSR count). The van der Waals surface area contributed by atoms with Gasteiger partial charge in [0.25, 0.3) is 0 Å². The summed E-state index contributed by atoms with van der Waals surface area (Å²) in [5.74, 6) is 0. The fourth-order valence-corrected chi connectivity index (χ4v) is 3.75. The van der Waals surface area contributed by atoms with Crippen LogP contribution in [0.15, 0.2) is 0 Å². The zero-order chi connectivity index (χ0) is 12.1. The quantitative estimate of drug-likeness (QED) is 0.327. The Kier molecular flexibility index (Phi) is 6.21. The molecule has 9 heteroatoms. The van der Waals surface area contributed by atoms with Gasteiger partial charge in [0.2, 0.25) is 0 Å². The molecule has 7 nitrogen and oxygen atoms in total. The number of aliphatic hydroxyl groups excluding tert-OH is 1. The van der Waals surface area contributed by atoms with E-state index in [0.29, 0.717) is 12.8 Å². The molecule has 0 bridgehead atoms. The molecule has 0 saturated heterocycles. The topological polar surface area (TPSA) is 135 Å². The molecule has 15 heavy (non-hydrogen) atoms. The van der Waals surface area contributed by atoms with Crippen LogP contribution in [0.3, 0.4) is 0 Å². The second-order valence-electron chi connectivity index (χ2n) is 3.23. The van der Waals surface area contributed by atoms with E-state index in [2.05, 4.69) is 0 Å². The predicted molar refractivity (Wildman–Crippen MR) is 53.4 cm³/mol. The van der Waals surface area contributed by atoms with Crippen LogP contribution in [0.4, 0.5) is 0 Å². The van der Waals surface area contributed by atoms with E-state index in [0.717, 1.165) is 0 Å². The lowest BCUT2D eigenvalue weighted by atomic mass is 10.2.